The highest BCUT2D eigenvalue weighted by molar-refractivity contribution is 5.43. The Bertz CT molecular complexity index is 294. The maximum atomic E-state index is 12.9. The van der Waals surface area contributed by atoms with Crippen LogP contribution in [0.4, 0.5) is 14.5 Å². The van der Waals surface area contributed by atoms with Crippen molar-refractivity contribution in [1.82, 2.24) is 4.65 Å². The van der Waals surface area contributed by atoms with Crippen molar-refractivity contribution in [2.24, 2.45) is 0 Å². The van der Waals surface area contributed by atoms with Crippen molar-refractivity contribution in [2.75, 3.05) is 14.1 Å². The zero-order valence-corrected chi connectivity index (χ0v) is 6.84. The third-order valence-electron chi connectivity index (χ3n) is 1.49. The Morgan fingerprint density at radius 1 is 1.25 bits per heavy atom. The van der Waals surface area contributed by atoms with Crippen LogP contribution in [-0.2, 0) is 0 Å². The lowest BCUT2D eigenvalue weighted by atomic mass is 10.3. The standard InChI is InChI=1S/C8H9F2NO/c1-11(2,12)8-5-6(9)3-4-7(8)10/h3-5H,1-2H3. The summed E-state index contributed by atoms with van der Waals surface area (Å²) in [5.74, 6) is -1.29. The third-order valence-corrected chi connectivity index (χ3v) is 1.49. The van der Waals surface area contributed by atoms with Gasteiger partial charge >= 0.3 is 0 Å². The van der Waals surface area contributed by atoms with Crippen LogP contribution >= 0.6 is 0 Å². The molecule has 0 bridgehead atoms. The van der Waals surface area contributed by atoms with Gasteiger partial charge in [0, 0.05) is 6.07 Å². The van der Waals surface area contributed by atoms with E-state index in [-0.39, 0.29) is 5.69 Å². The molecule has 1 aromatic carbocycles. The predicted molar refractivity (Wildman–Crippen MR) is 43.4 cm³/mol. The number of quaternary nitrogens is 1. The summed E-state index contributed by atoms with van der Waals surface area (Å²) in [6.07, 6.45) is 0. The normalized spacial score (nSPS) is 11.8. The average Bonchev–Trinajstić information content (AvgIpc) is 1.92. The molecule has 0 unspecified atom stereocenters. The Morgan fingerprint density at radius 3 is 2.25 bits per heavy atom. The highest BCUT2D eigenvalue weighted by Crippen LogP contribution is 2.22. The van der Waals surface area contributed by atoms with E-state index in [4.69, 9.17) is 0 Å². The van der Waals surface area contributed by atoms with Gasteiger partial charge in [0.05, 0.1) is 14.1 Å². The molecule has 4 heteroatoms. The highest BCUT2D eigenvalue weighted by Gasteiger charge is 2.14. The quantitative estimate of drug-likeness (QED) is 0.470. The number of hydrogen-bond acceptors (Lipinski definition) is 1. The molecule has 0 aliphatic heterocycles. The Morgan fingerprint density at radius 2 is 1.83 bits per heavy atom. The second-order valence-electron chi connectivity index (χ2n) is 2.95. The van der Waals surface area contributed by atoms with Crippen LogP contribution < -0.4 is 4.65 Å². The summed E-state index contributed by atoms with van der Waals surface area (Å²) in [7, 11) is 2.47. The van der Waals surface area contributed by atoms with E-state index in [9.17, 15) is 14.0 Å². The first-order valence-corrected chi connectivity index (χ1v) is 3.42. The Balaban J connectivity index is 3.23. The summed E-state index contributed by atoms with van der Waals surface area (Å²) < 4.78 is 24.5. The second-order valence-corrected chi connectivity index (χ2v) is 2.95. The smallest absolute Gasteiger partial charge is 0.184 e. The van der Waals surface area contributed by atoms with Gasteiger partial charge in [0.15, 0.2) is 11.5 Å². The van der Waals surface area contributed by atoms with E-state index in [2.05, 4.69) is 0 Å². The Kier molecular flexibility index (Phi) is 2.12. The summed E-state index contributed by atoms with van der Waals surface area (Å²) in [5.41, 5.74) is -0.199. The van der Waals surface area contributed by atoms with Crippen molar-refractivity contribution in [3.05, 3.63) is 35.0 Å². The zero-order valence-electron chi connectivity index (χ0n) is 6.84. The lowest BCUT2D eigenvalue weighted by Crippen LogP contribution is -2.33. The Hall–Kier alpha value is -1.00. The summed E-state index contributed by atoms with van der Waals surface area (Å²) in [6, 6.07) is 2.83. The van der Waals surface area contributed by atoms with Gasteiger partial charge in [0.25, 0.3) is 0 Å². The molecular formula is C8H9F2NO. The van der Waals surface area contributed by atoms with E-state index in [0.717, 1.165) is 18.2 Å². The summed E-state index contributed by atoms with van der Waals surface area (Å²) in [5, 5.41) is 11.2. The number of rotatable bonds is 1. The molecule has 0 fully saturated rings. The van der Waals surface area contributed by atoms with Crippen molar-refractivity contribution in [3.63, 3.8) is 0 Å². The number of nitrogens with zero attached hydrogens (tertiary/aromatic N) is 1. The number of halogens is 2. The molecule has 0 aliphatic carbocycles. The molecule has 0 saturated carbocycles. The van der Waals surface area contributed by atoms with Gasteiger partial charge in [-0.15, -0.1) is 0 Å². The Labute approximate surface area is 69.2 Å². The minimum absolute atomic E-state index is 0.199. The van der Waals surface area contributed by atoms with Gasteiger partial charge in [-0.2, -0.15) is 0 Å². The molecule has 66 valence electrons. The second kappa shape index (κ2) is 2.80. The average molecular weight is 173 g/mol. The van der Waals surface area contributed by atoms with Crippen LogP contribution in [0, 0.1) is 16.8 Å². The lowest BCUT2D eigenvalue weighted by Gasteiger charge is -2.33. The van der Waals surface area contributed by atoms with Crippen molar-refractivity contribution < 1.29 is 8.78 Å². The number of benzene rings is 1. The van der Waals surface area contributed by atoms with Gasteiger partial charge in [-0.25, -0.2) is 8.78 Å². The molecule has 0 amide bonds. The predicted octanol–water partition coefficient (Wildman–Crippen LogP) is 2.03. The van der Waals surface area contributed by atoms with E-state index in [0.29, 0.717) is 0 Å². The minimum Gasteiger partial charge on any atom is -0.628 e. The fraction of sp³-hybridized carbons (Fsp3) is 0.250. The van der Waals surface area contributed by atoms with Gasteiger partial charge in [-0.1, -0.05) is 0 Å². The van der Waals surface area contributed by atoms with Crippen LogP contribution in [0.25, 0.3) is 0 Å². The van der Waals surface area contributed by atoms with Crippen LogP contribution in [-0.4, -0.2) is 14.1 Å². The molecular weight excluding hydrogens is 164 g/mol. The highest BCUT2D eigenvalue weighted by atomic mass is 19.1. The largest absolute Gasteiger partial charge is 0.628 e. The first kappa shape index (κ1) is 9.09. The molecule has 2 nitrogen and oxygen atoms in total. The monoisotopic (exact) mass is 173 g/mol. The van der Waals surface area contributed by atoms with E-state index < -0.39 is 16.3 Å². The third kappa shape index (κ3) is 1.78. The van der Waals surface area contributed by atoms with Crippen LogP contribution in [0.15, 0.2) is 18.2 Å². The van der Waals surface area contributed by atoms with Crippen LogP contribution in [0.3, 0.4) is 0 Å². The molecule has 0 radical (unpaired) electrons. The van der Waals surface area contributed by atoms with Gasteiger partial charge in [0.2, 0.25) is 0 Å². The van der Waals surface area contributed by atoms with Crippen molar-refractivity contribution >= 4 is 5.69 Å². The molecule has 1 aromatic rings. The van der Waals surface area contributed by atoms with Crippen molar-refractivity contribution in [1.29, 1.82) is 0 Å². The lowest BCUT2D eigenvalue weighted by molar-refractivity contribution is 0.494. The minimum atomic E-state index is -0.969. The van der Waals surface area contributed by atoms with E-state index in [1.165, 1.54) is 14.1 Å². The van der Waals surface area contributed by atoms with E-state index in [1.807, 2.05) is 0 Å². The topological polar surface area (TPSA) is 23.1 Å². The fourth-order valence-corrected chi connectivity index (χ4v) is 0.898. The fourth-order valence-electron chi connectivity index (χ4n) is 0.898. The molecule has 0 atom stereocenters. The van der Waals surface area contributed by atoms with Crippen molar-refractivity contribution in [3.8, 4) is 0 Å². The first-order chi connectivity index (χ1) is 5.41. The summed E-state index contributed by atoms with van der Waals surface area (Å²) in [6.45, 7) is 0. The van der Waals surface area contributed by atoms with E-state index in [1.54, 1.807) is 0 Å². The molecule has 0 saturated heterocycles. The van der Waals surface area contributed by atoms with Gasteiger partial charge in [-0.3, -0.25) is 0 Å². The number of hydrogen-bond donors (Lipinski definition) is 0. The maximum absolute atomic E-state index is 12.9. The molecule has 1 rings (SSSR count). The zero-order chi connectivity index (χ0) is 9.35. The number of hydroxylamine groups is 2. The SMILES string of the molecule is C[N+](C)([O-])c1cc(F)ccc1F. The molecule has 0 spiro atoms. The van der Waals surface area contributed by atoms with Gasteiger partial charge in [-0.05, 0) is 12.1 Å². The molecule has 0 aromatic heterocycles. The van der Waals surface area contributed by atoms with E-state index >= 15 is 0 Å². The van der Waals surface area contributed by atoms with Crippen LogP contribution in [0.1, 0.15) is 0 Å². The molecule has 0 aliphatic rings. The van der Waals surface area contributed by atoms with Crippen LogP contribution in [0.2, 0.25) is 0 Å². The van der Waals surface area contributed by atoms with Crippen LogP contribution in [0.5, 0.6) is 0 Å². The van der Waals surface area contributed by atoms with Gasteiger partial charge in [0.1, 0.15) is 5.82 Å². The first-order valence-electron chi connectivity index (χ1n) is 3.42. The summed E-state index contributed by atoms with van der Waals surface area (Å²) >= 11 is 0. The molecule has 12 heavy (non-hydrogen) atoms. The summed E-state index contributed by atoms with van der Waals surface area (Å²) in [4.78, 5) is 0. The van der Waals surface area contributed by atoms with Crippen molar-refractivity contribution in [2.45, 2.75) is 0 Å². The molecule has 0 heterocycles. The van der Waals surface area contributed by atoms with Gasteiger partial charge < -0.3 is 9.85 Å². The maximum Gasteiger partial charge on any atom is 0.184 e. The molecule has 0 N–H and O–H groups in total.